The third-order valence-electron chi connectivity index (χ3n) is 4.14. The Morgan fingerprint density at radius 2 is 2.17 bits per heavy atom. The molecular weight excluding hydrogens is 314 g/mol. The minimum Gasteiger partial charge on any atom is -0.380 e. The van der Waals surface area contributed by atoms with Crippen molar-refractivity contribution in [2.24, 2.45) is 0 Å². The topological polar surface area (TPSA) is 50.2 Å². The Morgan fingerprint density at radius 1 is 1.33 bits per heavy atom. The lowest BCUT2D eigenvalue weighted by Gasteiger charge is -2.33. The Kier molecular flexibility index (Phi) is 4.78. The fraction of sp³-hybridized carbons (Fsp3) is 0.412. The van der Waals surface area contributed by atoms with Gasteiger partial charge in [0.25, 0.3) is 0 Å². The maximum Gasteiger partial charge on any atom is 0.244 e. The fourth-order valence-corrected chi connectivity index (χ4v) is 2.93. The summed E-state index contributed by atoms with van der Waals surface area (Å²) in [6, 6.07) is 5.63. The molecule has 1 aliphatic heterocycles. The minimum absolute atomic E-state index is 0.00915. The van der Waals surface area contributed by atoms with Crippen LogP contribution in [0.1, 0.15) is 18.5 Å². The van der Waals surface area contributed by atoms with Crippen LogP contribution in [-0.2, 0) is 11.3 Å². The first-order valence-corrected chi connectivity index (χ1v) is 8.00. The van der Waals surface area contributed by atoms with Crippen molar-refractivity contribution in [3.63, 3.8) is 0 Å². The van der Waals surface area contributed by atoms with Gasteiger partial charge in [0.05, 0.1) is 5.69 Å². The van der Waals surface area contributed by atoms with E-state index in [1.165, 1.54) is 6.07 Å². The van der Waals surface area contributed by atoms with Crippen molar-refractivity contribution in [3.05, 3.63) is 47.8 Å². The maximum absolute atomic E-state index is 13.3. The summed E-state index contributed by atoms with van der Waals surface area (Å²) in [5.74, 6) is -1.73. The smallest absolute Gasteiger partial charge is 0.244 e. The molecule has 24 heavy (non-hydrogen) atoms. The van der Waals surface area contributed by atoms with Crippen molar-refractivity contribution in [1.29, 1.82) is 0 Å². The van der Waals surface area contributed by atoms with Gasteiger partial charge in [-0.05, 0) is 38.0 Å². The number of hydrogen-bond donors (Lipinski definition) is 1. The molecule has 2 heterocycles. The van der Waals surface area contributed by atoms with E-state index in [2.05, 4.69) is 10.4 Å². The number of anilines is 1. The van der Waals surface area contributed by atoms with Crippen molar-refractivity contribution in [3.8, 4) is 0 Å². The Labute approximate surface area is 139 Å². The van der Waals surface area contributed by atoms with E-state index < -0.39 is 11.6 Å². The lowest BCUT2D eigenvalue weighted by atomic mass is 10.1. The highest BCUT2D eigenvalue weighted by Crippen LogP contribution is 2.18. The van der Waals surface area contributed by atoms with Crippen LogP contribution in [-0.4, -0.2) is 39.7 Å². The zero-order valence-corrected chi connectivity index (χ0v) is 13.5. The highest BCUT2D eigenvalue weighted by Gasteiger charge is 2.24. The van der Waals surface area contributed by atoms with Crippen LogP contribution in [0.15, 0.2) is 30.5 Å². The van der Waals surface area contributed by atoms with Gasteiger partial charge in [-0.2, -0.15) is 5.10 Å². The number of carbonyl (C=O) groups is 1. The summed E-state index contributed by atoms with van der Waals surface area (Å²) in [6.45, 7) is 3.34. The summed E-state index contributed by atoms with van der Waals surface area (Å²) in [7, 11) is 0. The molecule has 7 heteroatoms. The fourth-order valence-electron chi connectivity index (χ4n) is 2.93. The van der Waals surface area contributed by atoms with Gasteiger partial charge in [0.2, 0.25) is 5.91 Å². The zero-order chi connectivity index (χ0) is 17.1. The molecule has 1 aliphatic rings. The summed E-state index contributed by atoms with van der Waals surface area (Å²) >= 11 is 0. The summed E-state index contributed by atoms with van der Waals surface area (Å²) in [5.41, 5.74) is 1.40. The largest absolute Gasteiger partial charge is 0.380 e. The van der Waals surface area contributed by atoms with Gasteiger partial charge in [-0.25, -0.2) is 8.78 Å². The second kappa shape index (κ2) is 6.98. The Morgan fingerprint density at radius 3 is 2.88 bits per heavy atom. The van der Waals surface area contributed by atoms with E-state index in [1.54, 1.807) is 15.8 Å². The number of halogens is 2. The quantitative estimate of drug-likeness (QED) is 0.935. The van der Waals surface area contributed by atoms with Crippen LogP contribution in [0.3, 0.4) is 0 Å². The molecule has 1 fully saturated rings. The van der Waals surface area contributed by atoms with Crippen LogP contribution in [0.4, 0.5) is 14.5 Å². The number of amides is 1. The number of likely N-dealkylation sites (tertiary alicyclic amines) is 1. The van der Waals surface area contributed by atoms with Gasteiger partial charge in [0, 0.05) is 37.1 Å². The molecule has 0 bridgehead atoms. The number of benzene rings is 1. The number of carbonyl (C=O) groups excluding carboxylic acids is 1. The Balaban J connectivity index is 1.59. The number of rotatable bonds is 4. The lowest BCUT2D eigenvalue weighted by Crippen LogP contribution is -2.46. The third-order valence-corrected chi connectivity index (χ3v) is 4.14. The highest BCUT2D eigenvalue weighted by molar-refractivity contribution is 5.76. The van der Waals surface area contributed by atoms with Crippen molar-refractivity contribution in [1.82, 2.24) is 14.7 Å². The van der Waals surface area contributed by atoms with Crippen molar-refractivity contribution >= 4 is 11.6 Å². The first kappa shape index (κ1) is 16.4. The summed E-state index contributed by atoms with van der Waals surface area (Å²) < 4.78 is 27.9. The molecule has 1 atom stereocenters. The first-order valence-electron chi connectivity index (χ1n) is 8.00. The van der Waals surface area contributed by atoms with Crippen molar-refractivity contribution in [2.75, 3.05) is 18.4 Å². The average molecular weight is 334 g/mol. The first-order chi connectivity index (χ1) is 11.5. The monoisotopic (exact) mass is 334 g/mol. The number of aryl methyl sites for hydroxylation is 1. The zero-order valence-electron chi connectivity index (χ0n) is 13.5. The molecule has 0 aliphatic carbocycles. The van der Waals surface area contributed by atoms with Gasteiger partial charge in [-0.1, -0.05) is 0 Å². The molecule has 2 aromatic rings. The van der Waals surface area contributed by atoms with Crippen LogP contribution in [0, 0.1) is 18.6 Å². The molecule has 1 aromatic heterocycles. The molecule has 5 nitrogen and oxygen atoms in total. The van der Waals surface area contributed by atoms with Gasteiger partial charge in [-0.3, -0.25) is 9.48 Å². The van der Waals surface area contributed by atoms with Gasteiger partial charge < -0.3 is 10.2 Å². The number of hydrogen-bond acceptors (Lipinski definition) is 3. The highest BCUT2D eigenvalue weighted by atomic mass is 19.2. The predicted molar refractivity (Wildman–Crippen MR) is 86.5 cm³/mol. The molecule has 3 rings (SSSR count). The molecule has 0 unspecified atom stereocenters. The summed E-state index contributed by atoms with van der Waals surface area (Å²) in [6.07, 6.45) is 3.53. The second-order valence-electron chi connectivity index (χ2n) is 6.11. The maximum atomic E-state index is 13.3. The number of piperidine rings is 1. The summed E-state index contributed by atoms with van der Waals surface area (Å²) in [5, 5.41) is 7.41. The van der Waals surface area contributed by atoms with Crippen LogP contribution in [0.2, 0.25) is 0 Å². The van der Waals surface area contributed by atoms with Crippen LogP contribution in [0.5, 0.6) is 0 Å². The lowest BCUT2D eigenvalue weighted by molar-refractivity contribution is -0.133. The molecule has 0 saturated carbocycles. The van der Waals surface area contributed by atoms with Crippen LogP contribution >= 0.6 is 0 Å². The minimum atomic E-state index is -0.877. The van der Waals surface area contributed by atoms with Gasteiger partial charge in [0.15, 0.2) is 11.6 Å². The van der Waals surface area contributed by atoms with Gasteiger partial charge in [0.1, 0.15) is 6.54 Å². The van der Waals surface area contributed by atoms with Crippen LogP contribution in [0.25, 0.3) is 0 Å². The van der Waals surface area contributed by atoms with E-state index >= 15 is 0 Å². The van der Waals surface area contributed by atoms with E-state index in [1.807, 2.05) is 13.0 Å². The number of aromatic nitrogens is 2. The molecule has 0 spiro atoms. The van der Waals surface area contributed by atoms with Crippen molar-refractivity contribution < 1.29 is 13.6 Å². The molecular formula is C17H20F2N4O. The molecule has 1 N–H and O–H groups in total. The molecule has 128 valence electrons. The number of nitrogens with one attached hydrogen (secondary N) is 1. The van der Waals surface area contributed by atoms with Crippen molar-refractivity contribution in [2.45, 2.75) is 32.4 Å². The van der Waals surface area contributed by atoms with E-state index in [9.17, 15) is 13.6 Å². The van der Waals surface area contributed by atoms with Gasteiger partial charge >= 0.3 is 0 Å². The molecule has 0 radical (unpaired) electrons. The molecule has 1 saturated heterocycles. The van der Waals surface area contributed by atoms with E-state index in [-0.39, 0.29) is 18.5 Å². The summed E-state index contributed by atoms with van der Waals surface area (Å²) in [4.78, 5) is 14.2. The van der Waals surface area contributed by atoms with E-state index in [0.29, 0.717) is 18.8 Å². The molecule has 1 aromatic carbocycles. The standard InChI is InChI=1S/C17H20F2N4O/c1-12-6-8-23(21-12)11-17(24)22-7-2-3-14(10-22)20-13-4-5-15(18)16(19)9-13/h4-6,8-9,14,20H,2-3,7,10-11H2,1H3/t14-/m1/s1. The normalized spacial score (nSPS) is 17.8. The predicted octanol–water partition coefficient (Wildman–Crippen LogP) is 2.57. The Hall–Kier alpha value is -2.44. The van der Waals surface area contributed by atoms with E-state index in [4.69, 9.17) is 0 Å². The van der Waals surface area contributed by atoms with Crippen LogP contribution < -0.4 is 5.32 Å². The molecule has 1 amide bonds. The second-order valence-corrected chi connectivity index (χ2v) is 6.11. The Bertz CT molecular complexity index is 731. The SMILES string of the molecule is Cc1ccn(CC(=O)N2CCC[C@@H](Nc3ccc(F)c(F)c3)C2)n1. The number of nitrogens with zero attached hydrogens (tertiary/aromatic N) is 3. The average Bonchev–Trinajstić information content (AvgIpc) is 2.96. The van der Waals surface area contributed by atoms with E-state index in [0.717, 1.165) is 30.7 Å². The third kappa shape index (κ3) is 3.90. The van der Waals surface area contributed by atoms with Gasteiger partial charge in [-0.15, -0.1) is 0 Å².